The van der Waals surface area contributed by atoms with Crippen LogP contribution < -0.4 is 0 Å². The van der Waals surface area contributed by atoms with Crippen molar-refractivity contribution in [3.63, 3.8) is 0 Å². The maximum absolute atomic E-state index is 8.29. The summed E-state index contributed by atoms with van der Waals surface area (Å²) in [4.78, 5) is 4.11. The van der Waals surface area contributed by atoms with Gasteiger partial charge in [-0.05, 0) is 18.2 Å². The molecule has 2 nitrogen and oxygen atoms in total. The Balaban J connectivity index is 2.57. The predicted octanol–water partition coefficient (Wildman–Crippen LogP) is 2.82. The molecule has 0 aliphatic heterocycles. The molecule has 0 bridgehead atoms. The largest absolute Gasteiger partial charge is 0.225 e. The zero-order valence-corrected chi connectivity index (χ0v) is 8.49. The summed E-state index contributed by atoms with van der Waals surface area (Å²) in [6.07, 6.45) is 0. The lowest BCUT2D eigenvalue weighted by Gasteiger charge is -1.88. The first-order valence-corrected chi connectivity index (χ1v) is 4.95. The molecule has 2 rings (SSSR count). The highest BCUT2D eigenvalue weighted by Crippen LogP contribution is 2.25. The number of halogens is 1. The maximum Gasteiger partial charge on any atom is 0.184 e. The molecule has 2 aromatic rings. The van der Waals surface area contributed by atoms with Crippen molar-refractivity contribution in [2.24, 2.45) is 0 Å². The van der Waals surface area contributed by atoms with Gasteiger partial charge in [-0.15, -0.1) is 11.3 Å². The molecule has 0 N–H and O–H groups in total. The highest BCUT2D eigenvalue weighted by molar-refractivity contribution is 7.22. The minimum atomic E-state index is 0.519. The van der Waals surface area contributed by atoms with Crippen LogP contribution in [0, 0.1) is 23.2 Å². The van der Waals surface area contributed by atoms with Crippen LogP contribution in [0.3, 0.4) is 0 Å². The quantitative estimate of drug-likeness (QED) is 0.638. The van der Waals surface area contributed by atoms with E-state index in [2.05, 4.69) is 16.8 Å². The molecule has 14 heavy (non-hydrogen) atoms. The van der Waals surface area contributed by atoms with E-state index in [1.54, 1.807) is 6.07 Å². The molecular weight excluding hydrogens is 216 g/mol. The van der Waals surface area contributed by atoms with Crippen molar-refractivity contribution in [2.45, 2.75) is 0 Å². The number of nitrogens with zero attached hydrogens (tertiary/aromatic N) is 2. The lowest BCUT2D eigenvalue weighted by Crippen LogP contribution is -1.72. The molecule has 66 valence electrons. The SMILES string of the molecule is N#CC#Cc1ccc2nc(Cl)sc2c1. The van der Waals surface area contributed by atoms with Gasteiger partial charge in [0.15, 0.2) is 10.5 Å². The second-order valence-electron chi connectivity index (χ2n) is 2.51. The van der Waals surface area contributed by atoms with E-state index >= 15 is 0 Å². The second-order valence-corrected chi connectivity index (χ2v) is 4.12. The van der Waals surface area contributed by atoms with Gasteiger partial charge in [-0.3, -0.25) is 0 Å². The number of thiazole rings is 1. The van der Waals surface area contributed by atoms with E-state index in [4.69, 9.17) is 16.9 Å². The van der Waals surface area contributed by atoms with Crippen LogP contribution in [0.15, 0.2) is 18.2 Å². The van der Waals surface area contributed by atoms with Crippen molar-refractivity contribution in [3.8, 4) is 17.9 Å². The molecule has 0 radical (unpaired) electrons. The third kappa shape index (κ3) is 1.70. The van der Waals surface area contributed by atoms with Crippen LogP contribution in [0.5, 0.6) is 0 Å². The molecule has 0 spiro atoms. The highest BCUT2D eigenvalue weighted by atomic mass is 35.5. The molecule has 1 heterocycles. The van der Waals surface area contributed by atoms with Gasteiger partial charge in [0.1, 0.15) is 0 Å². The molecule has 1 aromatic heterocycles. The molecule has 0 atom stereocenters. The minimum Gasteiger partial charge on any atom is -0.225 e. The summed E-state index contributed by atoms with van der Waals surface area (Å²) >= 11 is 7.16. The first-order valence-electron chi connectivity index (χ1n) is 3.76. The molecule has 0 aliphatic carbocycles. The van der Waals surface area contributed by atoms with Crippen LogP contribution in [0.2, 0.25) is 4.47 Å². The standard InChI is InChI=1S/C10H3ClN2S/c11-10-13-8-4-3-7(2-1-5-12)6-9(8)14-10/h3-4,6H. The Morgan fingerprint density at radius 1 is 1.43 bits per heavy atom. The predicted molar refractivity (Wildman–Crippen MR) is 57.1 cm³/mol. The fourth-order valence-electron chi connectivity index (χ4n) is 1.07. The summed E-state index contributed by atoms with van der Waals surface area (Å²) < 4.78 is 1.50. The molecule has 0 amide bonds. The topological polar surface area (TPSA) is 36.7 Å². The van der Waals surface area contributed by atoms with Gasteiger partial charge in [0.2, 0.25) is 0 Å². The fraction of sp³-hybridized carbons (Fsp3) is 0. The summed E-state index contributed by atoms with van der Waals surface area (Å²) in [5, 5.41) is 8.29. The van der Waals surface area contributed by atoms with Gasteiger partial charge in [0.05, 0.1) is 10.2 Å². The average molecular weight is 219 g/mol. The molecule has 0 saturated carbocycles. The number of hydrogen-bond acceptors (Lipinski definition) is 3. The average Bonchev–Trinajstić information content (AvgIpc) is 2.54. The molecule has 0 aliphatic rings. The summed E-state index contributed by atoms with van der Waals surface area (Å²) in [5.74, 6) is 5.06. The lowest BCUT2D eigenvalue weighted by atomic mass is 10.2. The van der Waals surface area contributed by atoms with Crippen molar-refractivity contribution in [3.05, 3.63) is 28.2 Å². The van der Waals surface area contributed by atoms with Gasteiger partial charge in [0, 0.05) is 11.5 Å². The van der Waals surface area contributed by atoms with Crippen molar-refractivity contribution in [1.82, 2.24) is 4.98 Å². The monoisotopic (exact) mass is 218 g/mol. The fourth-order valence-corrected chi connectivity index (χ4v) is 2.14. The van der Waals surface area contributed by atoms with Gasteiger partial charge >= 0.3 is 0 Å². The highest BCUT2D eigenvalue weighted by Gasteiger charge is 2.00. The minimum absolute atomic E-state index is 0.519. The Hall–Kier alpha value is -1.55. The van der Waals surface area contributed by atoms with Crippen molar-refractivity contribution >= 4 is 33.2 Å². The van der Waals surface area contributed by atoms with Crippen LogP contribution in [0.4, 0.5) is 0 Å². The van der Waals surface area contributed by atoms with E-state index in [1.807, 2.05) is 18.2 Å². The number of nitriles is 1. The summed E-state index contributed by atoms with van der Waals surface area (Å²) in [5.41, 5.74) is 1.67. The number of rotatable bonds is 0. The lowest BCUT2D eigenvalue weighted by molar-refractivity contribution is 1.49. The van der Waals surface area contributed by atoms with Crippen LogP contribution in [-0.4, -0.2) is 4.98 Å². The van der Waals surface area contributed by atoms with E-state index in [0.717, 1.165) is 15.8 Å². The van der Waals surface area contributed by atoms with Crippen LogP contribution in [0.25, 0.3) is 10.2 Å². The molecule has 0 fully saturated rings. The number of benzene rings is 1. The van der Waals surface area contributed by atoms with Crippen molar-refractivity contribution in [1.29, 1.82) is 5.26 Å². The van der Waals surface area contributed by atoms with Gasteiger partial charge < -0.3 is 0 Å². The van der Waals surface area contributed by atoms with Crippen LogP contribution in [0.1, 0.15) is 5.56 Å². The van der Waals surface area contributed by atoms with E-state index in [1.165, 1.54) is 11.3 Å². The Labute approximate surface area is 89.8 Å². The molecule has 4 heteroatoms. The third-order valence-electron chi connectivity index (χ3n) is 1.63. The van der Waals surface area contributed by atoms with Gasteiger partial charge in [-0.1, -0.05) is 17.5 Å². The number of aromatic nitrogens is 1. The summed E-state index contributed by atoms with van der Waals surface area (Å²) in [6.45, 7) is 0. The van der Waals surface area contributed by atoms with Gasteiger partial charge in [-0.2, -0.15) is 5.26 Å². The Bertz CT molecular complexity index is 583. The Morgan fingerprint density at radius 2 is 2.29 bits per heavy atom. The molecule has 1 aromatic carbocycles. The number of hydrogen-bond donors (Lipinski definition) is 0. The molecule has 0 unspecified atom stereocenters. The maximum atomic E-state index is 8.29. The zero-order valence-electron chi connectivity index (χ0n) is 6.91. The van der Waals surface area contributed by atoms with Gasteiger partial charge in [0.25, 0.3) is 0 Å². The van der Waals surface area contributed by atoms with E-state index in [9.17, 15) is 0 Å². The Kier molecular flexibility index (Phi) is 2.37. The zero-order chi connectivity index (χ0) is 9.97. The summed E-state index contributed by atoms with van der Waals surface area (Å²) in [7, 11) is 0. The first kappa shape index (κ1) is 9.02. The third-order valence-corrected chi connectivity index (χ3v) is 2.75. The van der Waals surface area contributed by atoms with Crippen molar-refractivity contribution in [2.75, 3.05) is 0 Å². The molecule has 0 saturated heterocycles. The van der Waals surface area contributed by atoms with E-state index in [0.29, 0.717) is 4.47 Å². The van der Waals surface area contributed by atoms with E-state index < -0.39 is 0 Å². The number of fused-ring (bicyclic) bond motifs is 1. The Morgan fingerprint density at radius 3 is 3.07 bits per heavy atom. The van der Waals surface area contributed by atoms with Crippen LogP contribution in [-0.2, 0) is 0 Å². The summed E-state index contributed by atoms with van der Waals surface area (Å²) in [6, 6.07) is 7.32. The molecular formula is C10H3ClN2S. The normalized spacial score (nSPS) is 9.14. The van der Waals surface area contributed by atoms with Crippen molar-refractivity contribution < 1.29 is 0 Å². The smallest absolute Gasteiger partial charge is 0.184 e. The second kappa shape index (κ2) is 3.67. The van der Waals surface area contributed by atoms with E-state index in [-0.39, 0.29) is 0 Å². The van der Waals surface area contributed by atoms with Gasteiger partial charge in [-0.25, -0.2) is 4.98 Å². The first-order chi connectivity index (χ1) is 6.79. The van der Waals surface area contributed by atoms with Crippen LogP contribution >= 0.6 is 22.9 Å².